The predicted molar refractivity (Wildman–Crippen MR) is 45.7 cm³/mol. The molecule has 14 heavy (non-hydrogen) atoms. The van der Waals surface area contributed by atoms with Gasteiger partial charge in [0.1, 0.15) is 0 Å². The topological polar surface area (TPSA) is 55.8 Å². The van der Waals surface area contributed by atoms with Gasteiger partial charge in [0.2, 0.25) is 0 Å². The van der Waals surface area contributed by atoms with Crippen LogP contribution in [0.15, 0.2) is 24.3 Å². The third-order valence-corrected chi connectivity index (χ3v) is 1.47. The summed E-state index contributed by atoms with van der Waals surface area (Å²) in [4.78, 5) is 15.1. The molecule has 75 valence electrons. The van der Waals surface area contributed by atoms with Crippen molar-refractivity contribution in [3.63, 3.8) is 0 Å². The van der Waals surface area contributed by atoms with Crippen LogP contribution in [0, 0.1) is 0 Å². The van der Waals surface area contributed by atoms with E-state index in [4.69, 9.17) is 9.99 Å². The fourth-order valence-corrected chi connectivity index (χ4v) is 0.866. The molecule has 0 saturated carbocycles. The van der Waals surface area contributed by atoms with Crippen molar-refractivity contribution < 1.29 is 38.2 Å². The molecule has 0 bridgehead atoms. The van der Waals surface area contributed by atoms with Gasteiger partial charge in [0.05, 0.1) is 12.2 Å². The quantitative estimate of drug-likeness (QED) is 0.490. The van der Waals surface area contributed by atoms with Crippen LogP contribution in [0.1, 0.15) is 17.3 Å². The molecule has 0 heterocycles. The molecular weight excluding hydrogens is 223 g/mol. The van der Waals surface area contributed by atoms with Crippen LogP contribution in [0.5, 0.6) is 5.75 Å². The largest absolute Gasteiger partial charge is 0.462 e. The summed E-state index contributed by atoms with van der Waals surface area (Å²) >= 11 is 0. The first-order valence-corrected chi connectivity index (χ1v) is 3.86. The van der Waals surface area contributed by atoms with Crippen molar-refractivity contribution in [2.75, 3.05) is 6.61 Å². The first-order valence-electron chi connectivity index (χ1n) is 3.86. The van der Waals surface area contributed by atoms with Crippen LogP contribution < -0.4 is 4.89 Å². The van der Waals surface area contributed by atoms with E-state index in [1.807, 2.05) is 0 Å². The number of hydrogen-bond acceptors (Lipinski definition) is 4. The van der Waals surface area contributed by atoms with Gasteiger partial charge in [0.25, 0.3) is 0 Å². The summed E-state index contributed by atoms with van der Waals surface area (Å²) in [6.07, 6.45) is 0. The third kappa shape index (κ3) is 3.42. The molecular formula is C9H10O4V. The Morgan fingerprint density at radius 3 is 2.36 bits per heavy atom. The first-order chi connectivity index (χ1) is 6.27. The van der Waals surface area contributed by atoms with Gasteiger partial charge in [-0.15, -0.1) is 0 Å². The predicted octanol–water partition coefficient (Wildman–Crippen LogP) is 1.71. The van der Waals surface area contributed by atoms with Gasteiger partial charge in [-0.05, 0) is 31.2 Å². The Bertz CT molecular complexity index is 283. The number of benzene rings is 1. The molecule has 0 amide bonds. The summed E-state index contributed by atoms with van der Waals surface area (Å²) in [7, 11) is 0. The Morgan fingerprint density at radius 1 is 1.36 bits per heavy atom. The molecule has 1 aromatic carbocycles. The van der Waals surface area contributed by atoms with Crippen LogP contribution in [-0.2, 0) is 23.3 Å². The van der Waals surface area contributed by atoms with Crippen molar-refractivity contribution in [2.24, 2.45) is 0 Å². The molecule has 1 N–H and O–H groups in total. The summed E-state index contributed by atoms with van der Waals surface area (Å²) in [6.45, 7) is 2.08. The molecule has 4 nitrogen and oxygen atoms in total. The van der Waals surface area contributed by atoms with E-state index >= 15 is 0 Å². The Morgan fingerprint density at radius 2 is 1.93 bits per heavy atom. The van der Waals surface area contributed by atoms with Gasteiger partial charge in [-0.3, -0.25) is 0 Å². The number of ether oxygens (including phenoxy) is 1. The zero-order chi connectivity index (χ0) is 9.68. The molecule has 1 radical (unpaired) electrons. The van der Waals surface area contributed by atoms with E-state index in [2.05, 4.69) is 4.89 Å². The van der Waals surface area contributed by atoms with Crippen LogP contribution in [-0.4, -0.2) is 17.8 Å². The van der Waals surface area contributed by atoms with Gasteiger partial charge in [0, 0.05) is 18.6 Å². The van der Waals surface area contributed by atoms with Crippen LogP contribution >= 0.6 is 0 Å². The first kappa shape index (κ1) is 13.0. The van der Waals surface area contributed by atoms with Gasteiger partial charge >= 0.3 is 5.97 Å². The normalized spacial score (nSPS) is 8.71. The molecule has 0 spiro atoms. The summed E-state index contributed by atoms with van der Waals surface area (Å²) in [5.41, 5.74) is 0.433. The molecule has 0 aliphatic carbocycles. The van der Waals surface area contributed by atoms with Crippen molar-refractivity contribution >= 4 is 5.97 Å². The van der Waals surface area contributed by atoms with E-state index < -0.39 is 0 Å². The average molecular weight is 233 g/mol. The molecule has 1 aromatic rings. The fraction of sp³-hybridized carbons (Fsp3) is 0.222. The summed E-state index contributed by atoms with van der Waals surface area (Å²) < 4.78 is 4.76. The maximum absolute atomic E-state index is 11.1. The number of carbonyl (C=O) groups excluding carboxylic acids is 1. The monoisotopic (exact) mass is 233 g/mol. The third-order valence-electron chi connectivity index (χ3n) is 1.47. The van der Waals surface area contributed by atoms with E-state index in [9.17, 15) is 4.79 Å². The van der Waals surface area contributed by atoms with Crippen molar-refractivity contribution in [3.8, 4) is 5.75 Å². The minimum absolute atomic E-state index is 0. The fourth-order valence-electron chi connectivity index (χ4n) is 0.866. The number of esters is 1. The minimum atomic E-state index is -0.382. The summed E-state index contributed by atoms with van der Waals surface area (Å²) in [5.74, 6) is -0.0972. The van der Waals surface area contributed by atoms with Gasteiger partial charge in [-0.2, -0.15) is 0 Å². The minimum Gasteiger partial charge on any atom is -0.462 e. The molecule has 0 saturated heterocycles. The standard InChI is InChI=1S/C9H10O4.V/c1-2-12-9(10)7-3-5-8(13-11)6-4-7;/h3-6,11H,2H2,1H3;. The second kappa shape index (κ2) is 6.48. The van der Waals surface area contributed by atoms with Crippen LogP contribution in [0.4, 0.5) is 0 Å². The Labute approximate surface area is 93.6 Å². The molecule has 0 atom stereocenters. The summed E-state index contributed by atoms with van der Waals surface area (Å²) in [5, 5.41) is 8.25. The van der Waals surface area contributed by atoms with Crippen LogP contribution in [0.25, 0.3) is 0 Å². The van der Waals surface area contributed by atoms with Gasteiger partial charge in [-0.25, -0.2) is 10.1 Å². The van der Waals surface area contributed by atoms with Crippen LogP contribution in [0.3, 0.4) is 0 Å². The van der Waals surface area contributed by atoms with Crippen molar-refractivity contribution in [1.29, 1.82) is 0 Å². The average Bonchev–Trinajstić information content (AvgIpc) is 2.18. The molecule has 0 aromatic heterocycles. The maximum atomic E-state index is 11.1. The number of hydrogen-bond donors (Lipinski definition) is 1. The summed E-state index contributed by atoms with van der Waals surface area (Å²) in [6, 6.07) is 5.99. The van der Waals surface area contributed by atoms with E-state index in [0.717, 1.165) is 0 Å². The smallest absolute Gasteiger partial charge is 0.338 e. The Hall–Kier alpha value is -0.966. The number of carbonyl (C=O) groups is 1. The van der Waals surface area contributed by atoms with E-state index in [-0.39, 0.29) is 30.3 Å². The van der Waals surface area contributed by atoms with E-state index in [1.165, 1.54) is 24.3 Å². The van der Waals surface area contributed by atoms with Crippen molar-refractivity contribution in [2.45, 2.75) is 6.92 Å². The van der Waals surface area contributed by atoms with Gasteiger partial charge in [-0.1, -0.05) is 0 Å². The number of rotatable bonds is 3. The second-order valence-electron chi connectivity index (χ2n) is 2.34. The SMILES string of the molecule is CCOC(=O)c1ccc(OO)cc1.[V]. The maximum Gasteiger partial charge on any atom is 0.338 e. The molecule has 0 aliphatic heterocycles. The van der Waals surface area contributed by atoms with Crippen molar-refractivity contribution in [1.82, 2.24) is 0 Å². The van der Waals surface area contributed by atoms with Gasteiger partial charge in [0.15, 0.2) is 5.75 Å². The van der Waals surface area contributed by atoms with Crippen molar-refractivity contribution in [3.05, 3.63) is 29.8 Å². The molecule has 1 rings (SSSR count). The van der Waals surface area contributed by atoms with Crippen LogP contribution in [0.2, 0.25) is 0 Å². The van der Waals surface area contributed by atoms with E-state index in [0.29, 0.717) is 12.2 Å². The van der Waals surface area contributed by atoms with Gasteiger partial charge < -0.3 is 9.62 Å². The zero-order valence-corrected chi connectivity index (χ0v) is 9.03. The molecule has 0 unspecified atom stereocenters. The molecule has 0 aliphatic rings. The molecule has 5 heteroatoms. The van der Waals surface area contributed by atoms with E-state index in [1.54, 1.807) is 6.92 Å². The Kier molecular flexibility index (Phi) is 6.04. The zero-order valence-electron chi connectivity index (χ0n) is 7.64. The molecule has 0 fully saturated rings. The Balaban J connectivity index is 0.00000169. The second-order valence-corrected chi connectivity index (χ2v) is 2.34.